The van der Waals surface area contributed by atoms with E-state index in [0.717, 1.165) is 27.6 Å². The highest BCUT2D eigenvalue weighted by molar-refractivity contribution is 7.13. The molecule has 0 aliphatic heterocycles. The molecule has 19 heavy (non-hydrogen) atoms. The fourth-order valence-electron chi connectivity index (χ4n) is 1.88. The van der Waals surface area contributed by atoms with Crippen LogP contribution in [0.4, 0.5) is 0 Å². The molecule has 0 amide bonds. The molecule has 0 aliphatic rings. The first kappa shape index (κ1) is 11.9. The number of hydrogen-bond donors (Lipinski definition) is 0. The zero-order valence-electron chi connectivity index (χ0n) is 10.4. The van der Waals surface area contributed by atoms with E-state index in [0.29, 0.717) is 0 Å². The van der Waals surface area contributed by atoms with Gasteiger partial charge in [0, 0.05) is 28.9 Å². The van der Waals surface area contributed by atoms with Crippen LogP contribution in [0, 0.1) is 0 Å². The third kappa shape index (κ3) is 2.35. The molecule has 3 nitrogen and oxygen atoms in total. The second-order valence-electron chi connectivity index (χ2n) is 3.98. The van der Waals surface area contributed by atoms with Crippen LogP contribution in [0.3, 0.4) is 0 Å². The summed E-state index contributed by atoms with van der Waals surface area (Å²) in [5.74, 6) is 0.838. The maximum Gasteiger partial charge on any atom is 0.128 e. The van der Waals surface area contributed by atoms with Gasteiger partial charge in [-0.2, -0.15) is 0 Å². The van der Waals surface area contributed by atoms with E-state index in [9.17, 15) is 0 Å². The number of thiazole rings is 1. The van der Waals surface area contributed by atoms with E-state index in [1.807, 2.05) is 48.0 Å². The molecule has 3 rings (SSSR count). The fraction of sp³-hybridized carbons (Fsp3) is 0.0667. The number of nitrogens with zero attached hydrogens (tertiary/aromatic N) is 2. The van der Waals surface area contributed by atoms with Gasteiger partial charge in [-0.05, 0) is 24.3 Å². The maximum atomic E-state index is 5.37. The number of pyridine rings is 1. The van der Waals surface area contributed by atoms with Crippen molar-refractivity contribution in [3.63, 3.8) is 0 Å². The Morgan fingerprint density at radius 3 is 2.79 bits per heavy atom. The minimum atomic E-state index is 0.838. The van der Waals surface area contributed by atoms with E-state index in [-0.39, 0.29) is 0 Å². The number of hydrogen-bond acceptors (Lipinski definition) is 4. The van der Waals surface area contributed by atoms with Crippen molar-refractivity contribution in [2.75, 3.05) is 7.11 Å². The molecule has 3 aromatic rings. The summed E-state index contributed by atoms with van der Waals surface area (Å²) in [7, 11) is 1.67. The van der Waals surface area contributed by atoms with E-state index in [1.54, 1.807) is 24.6 Å². The average Bonchev–Trinajstić information content (AvgIpc) is 2.98. The Morgan fingerprint density at radius 1 is 1.11 bits per heavy atom. The Balaban J connectivity index is 2.02. The predicted molar refractivity (Wildman–Crippen MR) is 77.3 cm³/mol. The Morgan fingerprint density at radius 2 is 2.00 bits per heavy atom. The number of methoxy groups -OCH3 is 1. The molecule has 0 radical (unpaired) electrons. The number of para-hydroxylation sites is 1. The lowest BCUT2D eigenvalue weighted by Gasteiger charge is -2.04. The molecule has 0 fully saturated rings. The van der Waals surface area contributed by atoms with Crippen LogP contribution in [-0.2, 0) is 0 Å². The topological polar surface area (TPSA) is 35.0 Å². The number of benzene rings is 1. The normalized spacial score (nSPS) is 10.4. The van der Waals surface area contributed by atoms with E-state index in [2.05, 4.69) is 9.97 Å². The molecule has 2 heterocycles. The smallest absolute Gasteiger partial charge is 0.128 e. The molecule has 1 aromatic carbocycles. The summed E-state index contributed by atoms with van der Waals surface area (Å²) in [5, 5.41) is 3.01. The van der Waals surface area contributed by atoms with Crippen molar-refractivity contribution in [3.8, 4) is 27.6 Å². The summed E-state index contributed by atoms with van der Waals surface area (Å²) < 4.78 is 5.37. The zero-order valence-corrected chi connectivity index (χ0v) is 11.2. The minimum absolute atomic E-state index is 0.838. The van der Waals surface area contributed by atoms with Gasteiger partial charge in [0.25, 0.3) is 0 Å². The highest BCUT2D eigenvalue weighted by Crippen LogP contribution is 2.33. The molecule has 0 saturated carbocycles. The number of ether oxygens (including phenoxy) is 1. The lowest BCUT2D eigenvalue weighted by Crippen LogP contribution is -1.87. The van der Waals surface area contributed by atoms with E-state index >= 15 is 0 Å². The van der Waals surface area contributed by atoms with E-state index < -0.39 is 0 Å². The van der Waals surface area contributed by atoms with Crippen molar-refractivity contribution in [1.29, 1.82) is 0 Å². The van der Waals surface area contributed by atoms with Crippen LogP contribution in [0.15, 0.2) is 54.2 Å². The highest BCUT2D eigenvalue weighted by atomic mass is 32.1. The van der Waals surface area contributed by atoms with Crippen LogP contribution < -0.4 is 4.74 Å². The molecule has 0 spiro atoms. The Bertz CT molecular complexity index is 679. The summed E-state index contributed by atoms with van der Waals surface area (Å²) in [4.78, 5) is 8.78. The monoisotopic (exact) mass is 268 g/mol. The van der Waals surface area contributed by atoms with Crippen molar-refractivity contribution in [1.82, 2.24) is 9.97 Å². The third-order valence-electron chi connectivity index (χ3n) is 2.80. The van der Waals surface area contributed by atoms with Crippen molar-refractivity contribution in [3.05, 3.63) is 54.2 Å². The predicted octanol–water partition coefficient (Wildman–Crippen LogP) is 3.88. The van der Waals surface area contributed by atoms with E-state index in [4.69, 9.17) is 4.74 Å². The molecule has 0 aliphatic carbocycles. The third-order valence-corrected chi connectivity index (χ3v) is 3.69. The average molecular weight is 268 g/mol. The maximum absolute atomic E-state index is 5.37. The zero-order chi connectivity index (χ0) is 13.1. The van der Waals surface area contributed by atoms with Gasteiger partial charge in [-0.1, -0.05) is 12.1 Å². The number of aromatic nitrogens is 2. The summed E-state index contributed by atoms with van der Waals surface area (Å²) in [6, 6.07) is 11.8. The summed E-state index contributed by atoms with van der Waals surface area (Å²) in [6.07, 6.45) is 3.59. The first-order valence-corrected chi connectivity index (χ1v) is 6.76. The first-order valence-electron chi connectivity index (χ1n) is 5.88. The molecule has 94 valence electrons. The molecule has 0 bridgehead atoms. The van der Waals surface area contributed by atoms with Gasteiger partial charge in [0.1, 0.15) is 10.8 Å². The molecular weight excluding hydrogens is 256 g/mol. The van der Waals surface area contributed by atoms with Gasteiger partial charge >= 0.3 is 0 Å². The van der Waals surface area contributed by atoms with E-state index in [1.165, 1.54) is 0 Å². The van der Waals surface area contributed by atoms with Gasteiger partial charge in [-0.25, -0.2) is 4.98 Å². The Hall–Kier alpha value is -2.20. The van der Waals surface area contributed by atoms with Crippen LogP contribution in [0.1, 0.15) is 0 Å². The van der Waals surface area contributed by atoms with Crippen molar-refractivity contribution >= 4 is 11.3 Å². The lowest BCUT2D eigenvalue weighted by molar-refractivity contribution is 0.416. The lowest BCUT2D eigenvalue weighted by atomic mass is 10.1. The molecule has 0 atom stereocenters. The second kappa shape index (κ2) is 5.20. The fourth-order valence-corrected chi connectivity index (χ4v) is 2.69. The van der Waals surface area contributed by atoms with Gasteiger partial charge in [0.05, 0.1) is 12.8 Å². The van der Waals surface area contributed by atoms with Gasteiger partial charge in [-0.3, -0.25) is 4.98 Å². The van der Waals surface area contributed by atoms with Crippen LogP contribution >= 0.6 is 11.3 Å². The van der Waals surface area contributed by atoms with Crippen LogP contribution in [0.2, 0.25) is 0 Å². The standard InChI is InChI=1S/C15H12N2OS/c1-18-14-7-3-2-6-12(14)13-10-19-15(17-13)11-5-4-8-16-9-11/h2-10H,1H3. The van der Waals surface area contributed by atoms with Crippen LogP contribution in [0.25, 0.3) is 21.8 Å². The van der Waals surface area contributed by atoms with Gasteiger partial charge < -0.3 is 4.74 Å². The Labute approximate surface area is 115 Å². The van der Waals surface area contributed by atoms with Gasteiger partial charge in [-0.15, -0.1) is 11.3 Å². The summed E-state index contributed by atoms with van der Waals surface area (Å²) in [6.45, 7) is 0. The summed E-state index contributed by atoms with van der Waals surface area (Å²) in [5.41, 5.74) is 2.98. The van der Waals surface area contributed by atoms with Crippen molar-refractivity contribution in [2.24, 2.45) is 0 Å². The largest absolute Gasteiger partial charge is 0.496 e. The van der Waals surface area contributed by atoms with Gasteiger partial charge in [0.15, 0.2) is 0 Å². The summed E-state index contributed by atoms with van der Waals surface area (Å²) >= 11 is 1.61. The molecule has 0 saturated heterocycles. The quantitative estimate of drug-likeness (QED) is 0.723. The molecule has 0 N–H and O–H groups in total. The minimum Gasteiger partial charge on any atom is -0.496 e. The van der Waals surface area contributed by atoms with Crippen LogP contribution in [0.5, 0.6) is 5.75 Å². The molecule has 4 heteroatoms. The molecule has 2 aromatic heterocycles. The van der Waals surface area contributed by atoms with Crippen molar-refractivity contribution in [2.45, 2.75) is 0 Å². The number of rotatable bonds is 3. The highest BCUT2D eigenvalue weighted by Gasteiger charge is 2.10. The molecule has 0 unspecified atom stereocenters. The van der Waals surface area contributed by atoms with Gasteiger partial charge in [0.2, 0.25) is 0 Å². The van der Waals surface area contributed by atoms with Crippen LogP contribution in [-0.4, -0.2) is 17.1 Å². The SMILES string of the molecule is COc1ccccc1-c1csc(-c2cccnc2)n1. The second-order valence-corrected chi connectivity index (χ2v) is 4.84. The molecular formula is C15H12N2OS. The first-order chi connectivity index (χ1) is 9.38. The van der Waals surface area contributed by atoms with Crippen molar-refractivity contribution < 1.29 is 4.74 Å². The Kier molecular flexibility index (Phi) is 3.25.